The molecule has 0 unspecified atom stereocenters. The molecular formula is C17H18N2OS. The van der Waals surface area contributed by atoms with E-state index in [-0.39, 0.29) is 0 Å². The lowest BCUT2D eigenvalue weighted by atomic mass is 10.2. The summed E-state index contributed by atoms with van der Waals surface area (Å²) in [6, 6.07) is 14.3. The van der Waals surface area contributed by atoms with Crippen molar-refractivity contribution in [1.29, 1.82) is 0 Å². The average molecular weight is 298 g/mol. The van der Waals surface area contributed by atoms with Crippen molar-refractivity contribution in [1.82, 2.24) is 4.90 Å². The van der Waals surface area contributed by atoms with E-state index in [2.05, 4.69) is 43.3 Å². The molecule has 0 aliphatic rings. The minimum atomic E-state index is 0.786. The zero-order valence-corrected chi connectivity index (χ0v) is 13.0. The van der Waals surface area contributed by atoms with E-state index in [1.165, 1.54) is 10.5 Å². The lowest BCUT2D eigenvalue weighted by Gasteiger charge is -2.14. The first kappa shape index (κ1) is 14.0. The molecule has 0 atom stereocenters. The number of nitrogen functional groups attached to an aromatic ring is 1. The van der Waals surface area contributed by atoms with E-state index < -0.39 is 0 Å². The van der Waals surface area contributed by atoms with E-state index in [0.29, 0.717) is 0 Å². The zero-order chi connectivity index (χ0) is 14.8. The van der Waals surface area contributed by atoms with Crippen LogP contribution < -0.4 is 5.73 Å². The second-order valence-electron chi connectivity index (χ2n) is 5.30. The highest BCUT2D eigenvalue weighted by molar-refractivity contribution is 7.99. The number of benzene rings is 2. The average Bonchev–Trinajstić information content (AvgIpc) is 2.88. The summed E-state index contributed by atoms with van der Waals surface area (Å²) in [7, 11) is 4.15. The number of anilines is 1. The van der Waals surface area contributed by atoms with Gasteiger partial charge in [0.2, 0.25) is 0 Å². The van der Waals surface area contributed by atoms with Crippen molar-refractivity contribution in [3.63, 3.8) is 0 Å². The molecule has 0 aliphatic heterocycles. The minimum absolute atomic E-state index is 0.786. The summed E-state index contributed by atoms with van der Waals surface area (Å²) < 4.78 is 5.47. The number of hydrogen-bond acceptors (Lipinski definition) is 4. The largest absolute Gasteiger partial charge is 0.464 e. The Balaban J connectivity index is 1.96. The molecule has 3 nitrogen and oxygen atoms in total. The van der Waals surface area contributed by atoms with E-state index in [9.17, 15) is 0 Å². The molecule has 3 aromatic rings. The lowest BCUT2D eigenvalue weighted by Crippen LogP contribution is -2.11. The van der Waals surface area contributed by atoms with Gasteiger partial charge in [0.25, 0.3) is 0 Å². The van der Waals surface area contributed by atoms with Crippen LogP contribution in [0.4, 0.5) is 5.69 Å². The molecule has 3 rings (SSSR count). The van der Waals surface area contributed by atoms with Gasteiger partial charge in [0.1, 0.15) is 5.58 Å². The molecule has 0 spiro atoms. The van der Waals surface area contributed by atoms with Gasteiger partial charge in [0.15, 0.2) is 0 Å². The molecule has 4 heteroatoms. The number of fused-ring (bicyclic) bond motifs is 1. The molecule has 1 aromatic heterocycles. The molecule has 108 valence electrons. The Morgan fingerprint density at radius 2 is 1.90 bits per heavy atom. The van der Waals surface area contributed by atoms with Gasteiger partial charge in [-0.25, -0.2) is 0 Å². The van der Waals surface area contributed by atoms with Gasteiger partial charge in [-0.05, 0) is 43.9 Å². The first-order chi connectivity index (χ1) is 10.1. The summed E-state index contributed by atoms with van der Waals surface area (Å²) in [6.07, 6.45) is 1.69. The van der Waals surface area contributed by atoms with E-state index in [4.69, 9.17) is 10.2 Å². The van der Waals surface area contributed by atoms with Crippen LogP contribution in [0.3, 0.4) is 0 Å². The molecular weight excluding hydrogens is 280 g/mol. The number of hydrogen-bond donors (Lipinski definition) is 1. The fourth-order valence-corrected chi connectivity index (χ4v) is 3.28. The van der Waals surface area contributed by atoms with Crippen LogP contribution in [0.15, 0.2) is 62.9 Å². The molecule has 0 saturated heterocycles. The molecule has 0 amide bonds. The van der Waals surface area contributed by atoms with Crippen molar-refractivity contribution in [2.24, 2.45) is 0 Å². The van der Waals surface area contributed by atoms with Crippen molar-refractivity contribution in [3.8, 4) is 0 Å². The summed E-state index contributed by atoms with van der Waals surface area (Å²) >= 11 is 1.69. The Labute approximate surface area is 128 Å². The molecule has 0 radical (unpaired) electrons. The van der Waals surface area contributed by atoms with Gasteiger partial charge in [-0.2, -0.15) is 0 Å². The molecule has 2 N–H and O–H groups in total. The maximum Gasteiger partial charge on any atom is 0.135 e. The molecule has 1 heterocycles. The summed E-state index contributed by atoms with van der Waals surface area (Å²) in [5.41, 5.74) is 9.13. The van der Waals surface area contributed by atoms with Crippen molar-refractivity contribution < 1.29 is 4.42 Å². The third kappa shape index (κ3) is 3.06. The van der Waals surface area contributed by atoms with Gasteiger partial charge in [-0.1, -0.05) is 30.0 Å². The van der Waals surface area contributed by atoms with Crippen molar-refractivity contribution in [2.75, 3.05) is 19.8 Å². The van der Waals surface area contributed by atoms with Gasteiger partial charge >= 0.3 is 0 Å². The fraction of sp³-hybridized carbons (Fsp3) is 0.176. The molecule has 0 fully saturated rings. The first-order valence-electron chi connectivity index (χ1n) is 6.81. The molecule has 2 aromatic carbocycles. The van der Waals surface area contributed by atoms with Crippen LogP contribution in [0.2, 0.25) is 0 Å². The normalized spacial score (nSPS) is 11.4. The Hall–Kier alpha value is -1.91. The van der Waals surface area contributed by atoms with Gasteiger partial charge in [-0.3, -0.25) is 0 Å². The lowest BCUT2D eigenvalue weighted by molar-refractivity contribution is 0.399. The summed E-state index contributed by atoms with van der Waals surface area (Å²) in [5, 5.41) is 1.04. The number of nitrogens with zero attached hydrogens (tertiary/aromatic N) is 1. The SMILES string of the molecule is CN(C)Cc1ccccc1Sc1cc2occc2cc1N. The Morgan fingerprint density at radius 3 is 2.71 bits per heavy atom. The highest BCUT2D eigenvalue weighted by atomic mass is 32.2. The maximum absolute atomic E-state index is 6.17. The van der Waals surface area contributed by atoms with Gasteiger partial charge in [0, 0.05) is 27.4 Å². The van der Waals surface area contributed by atoms with Crippen LogP contribution in [0, 0.1) is 0 Å². The Kier molecular flexibility index (Phi) is 3.90. The minimum Gasteiger partial charge on any atom is -0.464 e. The smallest absolute Gasteiger partial charge is 0.135 e. The number of rotatable bonds is 4. The van der Waals surface area contributed by atoms with Crippen LogP contribution in [0.5, 0.6) is 0 Å². The highest BCUT2D eigenvalue weighted by Gasteiger charge is 2.09. The standard InChI is InChI=1S/C17H18N2OS/c1-19(2)11-13-5-3-4-6-16(13)21-17-10-15-12(7-8-20-15)9-14(17)18/h3-10H,11,18H2,1-2H3. The predicted molar refractivity (Wildman–Crippen MR) is 88.6 cm³/mol. The molecule has 21 heavy (non-hydrogen) atoms. The van der Waals surface area contributed by atoms with E-state index in [1.807, 2.05) is 18.2 Å². The fourth-order valence-electron chi connectivity index (χ4n) is 2.29. The van der Waals surface area contributed by atoms with E-state index >= 15 is 0 Å². The second-order valence-corrected chi connectivity index (χ2v) is 6.38. The van der Waals surface area contributed by atoms with Crippen LogP contribution >= 0.6 is 11.8 Å². The van der Waals surface area contributed by atoms with Crippen molar-refractivity contribution in [3.05, 3.63) is 54.3 Å². The van der Waals surface area contributed by atoms with Crippen LogP contribution in [-0.2, 0) is 6.54 Å². The molecule has 0 aliphatic carbocycles. The number of nitrogens with two attached hydrogens (primary N) is 1. The third-order valence-electron chi connectivity index (χ3n) is 3.26. The predicted octanol–water partition coefficient (Wildman–Crippen LogP) is 4.23. The van der Waals surface area contributed by atoms with Gasteiger partial charge < -0.3 is 15.1 Å². The van der Waals surface area contributed by atoms with Crippen LogP contribution in [0.1, 0.15) is 5.56 Å². The second kappa shape index (κ2) is 5.84. The first-order valence-corrected chi connectivity index (χ1v) is 7.62. The van der Waals surface area contributed by atoms with E-state index in [0.717, 1.165) is 28.1 Å². The summed E-state index contributed by atoms with van der Waals surface area (Å²) in [6.45, 7) is 0.909. The van der Waals surface area contributed by atoms with Crippen LogP contribution in [-0.4, -0.2) is 19.0 Å². The zero-order valence-electron chi connectivity index (χ0n) is 12.2. The molecule has 0 saturated carbocycles. The van der Waals surface area contributed by atoms with Crippen molar-refractivity contribution >= 4 is 28.4 Å². The van der Waals surface area contributed by atoms with Gasteiger partial charge in [-0.15, -0.1) is 0 Å². The maximum atomic E-state index is 6.17. The topological polar surface area (TPSA) is 42.4 Å². The Morgan fingerprint density at radius 1 is 1.10 bits per heavy atom. The van der Waals surface area contributed by atoms with Gasteiger partial charge in [0.05, 0.1) is 6.26 Å². The summed E-state index contributed by atoms with van der Waals surface area (Å²) in [4.78, 5) is 4.42. The quantitative estimate of drug-likeness (QED) is 0.732. The molecule has 0 bridgehead atoms. The monoisotopic (exact) mass is 298 g/mol. The Bertz CT molecular complexity index is 764. The highest BCUT2D eigenvalue weighted by Crippen LogP contribution is 2.37. The van der Waals surface area contributed by atoms with Crippen molar-refractivity contribution in [2.45, 2.75) is 16.3 Å². The van der Waals surface area contributed by atoms with E-state index in [1.54, 1.807) is 18.0 Å². The summed E-state index contributed by atoms with van der Waals surface area (Å²) in [5.74, 6) is 0. The third-order valence-corrected chi connectivity index (χ3v) is 4.46. The van der Waals surface area contributed by atoms with Crippen LogP contribution in [0.25, 0.3) is 11.0 Å². The number of furan rings is 1.